The van der Waals surface area contributed by atoms with E-state index < -0.39 is 8.32 Å². The van der Waals surface area contributed by atoms with Crippen LogP contribution in [0.15, 0.2) is 30.3 Å². The summed E-state index contributed by atoms with van der Waals surface area (Å²) in [5.74, 6) is 0.714. The Morgan fingerprint density at radius 3 is 2.18 bits per heavy atom. The zero-order valence-electron chi connectivity index (χ0n) is 11.9. The molecule has 1 rings (SSSR count). The summed E-state index contributed by atoms with van der Waals surface area (Å²) < 4.78 is 6.29. The number of hydrogen-bond donors (Lipinski definition) is 0. The van der Waals surface area contributed by atoms with Crippen LogP contribution in [-0.2, 0) is 10.5 Å². The van der Waals surface area contributed by atoms with Crippen LogP contribution in [0.1, 0.15) is 32.8 Å². The van der Waals surface area contributed by atoms with Crippen LogP contribution in [0.25, 0.3) is 0 Å². The lowest BCUT2D eigenvalue weighted by molar-refractivity contribution is 0.183. The highest BCUT2D eigenvalue weighted by Gasteiger charge is 2.25. The summed E-state index contributed by atoms with van der Waals surface area (Å²) in [6.45, 7) is 11.4. The number of rotatable bonds is 6. The highest BCUT2D eigenvalue weighted by molar-refractivity contribution is 6.70. The van der Waals surface area contributed by atoms with Crippen LogP contribution in [0.3, 0.4) is 0 Å². The average Bonchev–Trinajstić information content (AvgIpc) is 2.15. The molecule has 0 fully saturated rings. The van der Waals surface area contributed by atoms with Gasteiger partial charge in [0, 0.05) is 6.10 Å². The molecule has 1 nitrogen and oxygen atoms in total. The maximum absolute atomic E-state index is 6.29. The Morgan fingerprint density at radius 2 is 1.65 bits per heavy atom. The molecule has 0 saturated heterocycles. The van der Waals surface area contributed by atoms with Gasteiger partial charge in [0.2, 0.25) is 0 Å². The van der Waals surface area contributed by atoms with E-state index in [2.05, 4.69) is 64.2 Å². The molecular formula is C15H26OSi. The first-order valence-electron chi connectivity index (χ1n) is 6.61. The monoisotopic (exact) mass is 250 g/mol. The van der Waals surface area contributed by atoms with Crippen LogP contribution >= 0.6 is 0 Å². The second kappa shape index (κ2) is 6.36. The van der Waals surface area contributed by atoms with E-state index in [4.69, 9.17) is 4.43 Å². The van der Waals surface area contributed by atoms with Crippen LogP contribution in [0.2, 0.25) is 13.1 Å². The van der Waals surface area contributed by atoms with Gasteiger partial charge in [-0.15, -0.1) is 0 Å². The van der Waals surface area contributed by atoms with Crippen molar-refractivity contribution in [1.82, 2.24) is 0 Å². The van der Waals surface area contributed by atoms with Crippen molar-refractivity contribution in [3.05, 3.63) is 35.9 Å². The Balaban J connectivity index is 2.51. The van der Waals surface area contributed by atoms with Crippen molar-refractivity contribution in [1.29, 1.82) is 0 Å². The SMILES string of the molecule is CC(C)CC(C)O[Si](C)(C)Cc1ccccc1. The van der Waals surface area contributed by atoms with Gasteiger partial charge >= 0.3 is 0 Å². The normalized spacial score (nSPS) is 14.0. The first-order chi connectivity index (χ1) is 7.89. The third kappa shape index (κ3) is 6.04. The maximum atomic E-state index is 6.29. The lowest BCUT2D eigenvalue weighted by Crippen LogP contribution is -2.37. The second-order valence-electron chi connectivity index (χ2n) is 5.98. The molecule has 1 aromatic rings. The van der Waals surface area contributed by atoms with Gasteiger partial charge in [0.05, 0.1) is 0 Å². The molecule has 0 saturated carbocycles. The molecule has 96 valence electrons. The van der Waals surface area contributed by atoms with Crippen LogP contribution in [0, 0.1) is 5.92 Å². The largest absolute Gasteiger partial charge is 0.414 e. The minimum absolute atomic E-state index is 0.389. The molecule has 0 aliphatic rings. The molecule has 0 spiro atoms. The Labute approximate surface area is 107 Å². The Bertz CT molecular complexity index is 319. The first-order valence-corrected chi connectivity index (χ1v) is 9.72. The van der Waals surface area contributed by atoms with Gasteiger partial charge < -0.3 is 4.43 Å². The molecule has 1 atom stereocenters. The van der Waals surface area contributed by atoms with E-state index in [0.717, 1.165) is 12.5 Å². The van der Waals surface area contributed by atoms with Crippen LogP contribution in [0.4, 0.5) is 0 Å². The molecular weight excluding hydrogens is 224 g/mol. The van der Waals surface area contributed by atoms with Crippen molar-refractivity contribution < 1.29 is 4.43 Å². The molecule has 0 heterocycles. The van der Waals surface area contributed by atoms with Crippen molar-refractivity contribution in [3.63, 3.8) is 0 Å². The molecule has 0 amide bonds. The highest BCUT2D eigenvalue weighted by Crippen LogP contribution is 2.18. The second-order valence-corrected chi connectivity index (χ2v) is 10.1. The number of benzene rings is 1. The smallest absolute Gasteiger partial charge is 0.191 e. The van der Waals surface area contributed by atoms with E-state index in [-0.39, 0.29) is 0 Å². The summed E-state index contributed by atoms with van der Waals surface area (Å²) in [4.78, 5) is 0. The Morgan fingerprint density at radius 1 is 1.06 bits per heavy atom. The maximum Gasteiger partial charge on any atom is 0.191 e. The molecule has 0 bridgehead atoms. The molecule has 0 N–H and O–H groups in total. The minimum Gasteiger partial charge on any atom is -0.414 e. The molecule has 0 aliphatic heterocycles. The van der Waals surface area contributed by atoms with E-state index in [9.17, 15) is 0 Å². The summed E-state index contributed by atoms with van der Waals surface area (Å²) in [7, 11) is -1.57. The van der Waals surface area contributed by atoms with Crippen molar-refractivity contribution in [2.45, 2.75) is 52.4 Å². The van der Waals surface area contributed by atoms with Crippen molar-refractivity contribution in [2.24, 2.45) is 5.92 Å². The van der Waals surface area contributed by atoms with Crippen molar-refractivity contribution >= 4 is 8.32 Å². The standard InChI is InChI=1S/C15H26OSi/c1-13(2)11-14(3)16-17(4,5)12-15-9-7-6-8-10-15/h6-10,13-14H,11-12H2,1-5H3. The summed E-state index contributed by atoms with van der Waals surface area (Å²) in [5.41, 5.74) is 1.40. The summed E-state index contributed by atoms with van der Waals surface area (Å²) >= 11 is 0. The van der Waals surface area contributed by atoms with Crippen LogP contribution in [-0.4, -0.2) is 14.4 Å². The molecule has 0 aromatic heterocycles. The van der Waals surface area contributed by atoms with E-state index in [1.54, 1.807) is 0 Å². The fraction of sp³-hybridized carbons (Fsp3) is 0.600. The lowest BCUT2D eigenvalue weighted by atomic mass is 10.1. The Hall–Kier alpha value is -0.603. The molecule has 0 aliphatic carbocycles. The predicted molar refractivity (Wildman–Crippen MR) is 77.6 cm³/mol. The summed E-state index contributed by atoms with van der Waals surface area (Å²) in [6, 6.07) is 11.8. The van der Waals surface area contributed by atoms with Crippen molar-refractivity contribution in [2.75, 3.05) is 0 Å². The first kappa shape index (κ1) is 14.5. The quantitative estimate of drug-likeness (QED) is 0.679. The fourth-order valence-corrected chi connectivity index (χ4v) is 4.87. The minimum atomic E-state index is -1.57. The molecule has 2 heteroatoms. The van der Waals surface area contributed by atoms with Crippen molar-refractivity contribution in [3.8, 4) is 0 Å². The highest BCUT2D eigenvalue weighted by atomic mass is 28.4. The van der Waals surface area contributed by atoms with Gasteiger partial charge in [-0.1, -0.05) is 44.2 Å². The van der Waals surface area contributed by atoms with Crippen LogP contribution < -0.4 is 0 Å². The topological polar surface area (TPSA) is 9.23 Å². The van der Waals surface area contributed by atoms with E-state index in [1.807, 2.05) is 0 Å². The average molecular weight is 250 g/mol. The Kier molecular flexibility index (Phi) is 5.41. The van der Waals surface area contributed by atoms with E-state index in [1.165, 1.54) is 5.56 Å². The lowest BCUT2D eigenvalue weighted by Gasteiger charge is -2.28. The predicted octanol–water partition coefficient (Wildman–Crippen LogP) is 4.42. The third-order valence-electron chi connectivity index (χ3n) is 2.80. The van der Waals surface area contributed by atoms with Gasteiger partial charge in [0.25, 0.3) is 0 Å². The van der Waals surface area contributed by atoms with Gasteiger partial charge in [-0.05, 0) is 44.0 Å². The van der Waals surface area contributed by atoms with Gasteiger partial charge in [-0.25, -0.2) is 0 Å². The zero-order chi connectivity index (χ0) is 12.9. The van der Waals surface area contributed by atoms with Gasteiger partial charge in [-0.2, -0.15) is 0 Å². The number of hydrogen-bond acceptors (Lipinski definition) is 1. The van der Waals surface area contributed by atoms with Gasteiger partial charge in [0.1, 0.15) is 0 Å². The third-order valence-corrected chi connectivity index (χ3v) is 5.10. The molecule has 17 heavy (non-hydrogen) atoms. The fourth-order valence-electron chi connectivity index (χ4n) is 2.39. The van der Waals surface area contributed by atoms with E-state index in [0.29, 0.717) is 12.0 Å². The molecule has 1 unspecified atom stereocenters. The molecule has 0 radical (unpaired) electrons. The summed E-state index contributed by atoms with van der Waals surface area (Å²) in [5, 5.41) is 0. The summed E-state index contributed by atoms with van der Waals surface area (Å²) in [6.07, 6.45) is 1.55. The van der Waals surface area contributed by atoms with Crippen LogP contribution in [0.5, 0.6) is 0 Å². The zero-order valence-corrected chi connectivity index (χ0v) is 12.9. The van der Waals surface area contributed by atoms with E-state index >= 15 is 0 Å². The van der Waals surface area contributed by atoms with Gasteiger partial charge in [0.15, 0.2) is 8.32 Å². The molecule has 1 aromatic carbocycles. The van der Waals surface area contributed by atoms with Gasteiger partial charge in [-0.3, -0.25) is 0 Å².